The van der Waals surface area contributed by atoms with Crippen molar-refractivity contribution in [2.75, 3.05) is 52.9 Å². The third kappa shape index (κ3) is 4.10. The van der Waals surface area contributed by atoms with Crippen molar-refractivity contribution in [1.82, 2.24) is 14.7 Å². The Balaban J connectivity index is 1.62. The van der Waals surface area contributed by atoms with Gasteiger partial charge < -0.3 is 15.5 Å². The molecule has 2 heterocycles. The number of carbonyl (C=O) groups excluding carboxylic acids is 1. The maximum Gasteiger partial charge on any atom is 0.253 e. The Kier molecular flexibility index (Phi) is 5.30. The second-order valence-electron chi connectivity index (χ2n) is 6.92. The predicted molar refractivity (Wildman–Crippen MR) is 92.3 cm³/mol. The second kappa shape index (κ2) is 7.43. The fourth-order valence-electron chi connectivity index (χ4n) is 3.46. The minimum Gasteiger partial charge on any atom is -0.338 e. The molecule has 1 aromatic rings. The largest absolute Gasteiger partial charge is 0.338 e. The van der Waals surface area contributed by atoms with Crippen LogP contribution >= 0.6 is 0 Å². The summed E-state index contributed by atoms with van der Waals surface area (Å²) in [5.74, 6) is 0.619. The normalized spacial score (nSPS) is 23.4. The number of nitrogens with zero attached hydrogens (tertiary/aromatic N) is 3. The molecule has 1 unspecified atom stereocenters. The van der Waals surface area contributed by atoms with Crippen molar-refractivity contribution in [3.63, 3.8) is 0 Å². The molecule has 0 bridgehead atoms. The van der Waals surface area contributed by atoms with E-state index in [1.807, 2.05) is 17.0 Å². The number of nitrogens with two attached hydrogens (primary N) is 1. The van der Waals surface area contributed by atoms with E-state index in [0.29, 0.717) is 12.5 Å². The van der Waals surface area contributed by atoms with Crippen LogP contribution in [0.5, 0.6) is 0 Å². The van der Waals surface area contributed by atoms with Crippen LogP contribution in [0.15, 0.2) is 24.3 Å². The molecule has 5 heteroatoms. The van der Waals surface area contributed by atoms with Crippen molar-refractivity contribution in [1.29, 1.82) is 0 Å². The molecule has 1 amide bonds. The van der Waals surface area contributed by atoms with Gasteiger partial charge in [-0.05, 0) is 43.6 Å². The van der Waals surface area contributed by atoms with Crippen LogP contribution in [0, 0.1) is 5.92 Å². The Morgan fingerprint density at radius 2 is 2.00 bits per heavy atom. The van der Waals surface area contributed by atoms with Gasteiger partial charge in [0.1, 0.15) is 0 Å². The molecule has 2 saturated heterocycles. The summed E-state index contributed by atoms with van der Waals surface area (Å²) in [4.78, 5) is 19.4. The van der Waals surface area contributed by atoms with Gasteiger partial charge in [-0.25, -0.2) is 0 Å². The first-order valence-electron chi connectivity index (χ1n) is 8.65. The topological polar surface area (TPSA) is 52.8 Å². The Hall–Kier alpha value is -1.43. The average Bonchev–Trinajstić information content (AvgIpc) is 3.06. The van der Waals surface area contributed by atoms with Crippen LogP contribution in [0.4, 0.5) is 0 Å². The number of hydrogen-bond acceptors (Lipinski definition) is 4. The highest BCUT2D eigenvalue weighted by Crippen LogP contribution is 2.19. The summed E-state index contributed by atoms with van der Waals surface area (Å²) in [7, 11) is 2.17. The molecule has 0 saturated carbocycles. The number of benzene rings is 1. The number of likely N-dealkylation sites (tertiary alicyclic amines) is 1. The highest BCUT2D eigenvalue weighted by molar-refractivity contribution is 5.94. The van der Waals surface area contributed by atoms with Gasteiger partial charge in [0.25, 0.3) is 5.91 Å². The third-order valence-corrected chi connectivity index (χ3v) is 5.08. The van der Waals surface area contributed by atoms with E-state index in [-0.39, 0.29) is 5.91 Å². The lowest BCUT2D eigenvalue weighted by Gasteiger charge is -2.32. The van der Waals surface area contributed by atoms with Crippen molar-refractivity contribution in [2.45, 2.75) is 13.0 Å². The van der Waals surface area contributed by atoms with Crippen LogP contribution in [0.2, 0.25) is 0 Å². The highest BCUT2D eigenvalue weighted by Gasteiger charge is 2.26. The maximum absolute atomic E-state index is 12.7. The Morgan fingerprint density at radius 1 is 1.22 bits per heavy atom. The zero-order valence-electron chi connectivity index (χ0n) is 14.1. The number of hydrogen-bond donors (Lipinski definition) is 1. The van der Waals surface area contributed by atoms with Crippen molar-refractivity contribution in [2.24, 2.45) is 11.7 Å². The molecule has 2 N–H and O–H groups in total. The molecule has 23 heavy (non-hydrogen) atoms. The molecule has 2 aliphatic heterocycles. The molecule has 3 rings (SSSR count). The predicted octanol–water partition coefficient (Wildman–Crippen LogP) is 0.855. The molecule has 2 aliphatic rings. The van der Waals surface area contributed by atoms with E-state index >= 15 is 0 Å². The maximum atomic E-state index is 12.7. The number of carbonyl (C=O) groups is 1. The number of piperazine rings is 1. The Bertz CT molecular complexity index is 540. The summed E-state index contributed by atoms with van der Waals surface area (Å²) in [5, 5.41) is 0. The lowest BCUT2D eigenvalue weighted by molar-refractivity contribution is 0.0787. The lowest BCUT2D eigenvalue weighted by Crippen LogP contribution is -2.43. The minimum atomic E-state index is 0.154. The number of likely N-dealkylation sites (N-methyl/N-ethyl adjacent to an activating group) is 1. The molecule has 126 valence electrons. The smallest absolute Gasteiger partial charge is 0.253 e. The molecule has 0 aliphatic carbocycles. The standard InChI is InChI=1S/C18H28N4O/c1-20-7-9-21(10-8-20)13-15-3-2-4-17(11-15)18(23)22-6-5-16(12-19)14-22/h2-4,11,16H,5-10,12-14,19H2,1H3. The van der Waals surface area contributed by atoms with E-state index in [1.54, 1.807) is 0 Å². The van der Waals surface area contributed by atoms with Gasteiger partial charge in [-0.3, -0.25) is 9.69 Å². The zero-order valence-corrected chi connectivity index (χ0v) is 14.1. The first kappa shape index (κ1) is 16.4. The summed E-state index contributed by atoms with van der Waals surface area (Å²) >= 11 is 0. The first-order valence-corrected chi connectivity index (χ1v) is 8.65. The van der Waals surface area contributed by atoms with Crippen LogP contribution in [-0.2, 0) is 6.54 Å². The summed E-state index contributed by atoms with van der Waals surface area (Å²) in [5.41, 5.74) is 7.77. The number of rotatable bonds is 4. The van der Waals surface area contributed by atoms with Crippen molar-refractivity contribution >= 4 is 5.91 Å². The van der Waals surface area contributed by atoms with Crippen molar-refractivity contribution in [3.8, 4) is 0 Å². The van der Waals surface area contributed by atoms with Gasteiger partial charge >= 0.3 is 0 Å². The quantitative estimate of drug-likeness (QED) is 0.895. The molecule has 0 spiro atoms. The van der Waals surface area contributed by atoms with Gasteiger partial charge in [-0.15, -0.1) is 0 Å². The second-order valence-corrected chi connectivity index (χ2v) is 6.92. The summed E-state index contributed by atoms with van der Waals surface area (Å²) in [6.45, 7) is 7.67. The Morgan fingerprint density at radius 3 is 2.70 bits per heavy atom. The van der Waals surface area contributed by atoms with E-state index in [9.17, 15) is 4.79 Å². The molecule has 2 fully saturated rings. The van der Waals surface area contributed by atoms with Crippen LogP contribution in [-0.4, -0.2) is 73.5 Å². The van der Waals surface area contributed by atoms with Gasteiger partial charge in [-0.1, -0.05) is 12.1 Å². The fraction of sp³-hybridized carbons (Fsp3) is 0.611. The van der Waals surface area contributed by atoms with Gasteiger partial charge in [0.2, 0.25) is 0 Å². The molecule has 5 nitrogen and oxygen atoms in total. The Labute approximate surface area is 139 Å². The van der Waals surface area contributed by atoms with Crippen molar-refractivity contribution in [3.05, 3.63) is 35.4 Å². The lowest BCUT2D eigenvalue weighted by atomic mass is 10.1. The molecule has 1 atom stereocenters. The fourth-order valence-corrected chi connectivity index (χ4v) is 3.46. The summed E-state index contributed by atoms with van der Waals surface area (Å²) < 4.78 is 0. The van der Waals surface area contributed by atoms with E-state index < -0.39 is 0 Å². The van der Waals surface area contributed by atoms with Crippen molar-refractivity contribution < 1.29 is 4.79 Å². The monoisotopic (exact) mass is 316 g/mol. The summed E-state index contributed by atoms with van der Waals surface area (Å²) in [6.07, 6.45) is 1.03. The SMILES string of the molecule is CN1CCN(Cc2cccc(C(=O)N3CCC(CN)C3)c2)CC1. The van der Waals surface area contributed by atoms with Gasteiger partial charge in [0.15, 0.2) is 0 Å². The van der Waals surface area contributed by atoms with Gasteiger partial charge in [0, 0.05) is 51.4 Å². The minimum absolute atomic E-state index is 0.154. The summed E-state index contributed by atoms with van der Waals surface area (Å²) in [6, 6.07) is 8.14. The molecule has 1 aromatic carbocycles. The van der Waals surface area contributed by atoms with E-state index in [1.165, 1.54) is 5.56 Å². The molecular formula is C18H28N4O. The van der Waals surface area contributed by atoms with Gasteiger partial charge in [-0.2, -0.15) is 0 Å². The van der Waals surface area contributed by atoms with E-state index in [4.69, 9.17) is 5.73 Å². The first-order chi connectivity index (χ1) is 11.2. The highest BCUT2D eigenvalue weighted by atomic mass is 16.2. The molecule has 0 radical (unpaired) electrons. The third-order valence-electron chi connectivity index (χ3n) is 5.08. The molecule has 0 aromatic heterocycles. The van der Waals surface area contributed by atoms with Crippen LogP contribution in [0.3, 0.4) is 0 Å². The average molecular weight is 316 g/mol. The van der Waals surface area contributed by atoms with Crippen LogP contribution in [0.25, 0.3) is 0 Å². The number of amides is 1. The van der Waals surface area contributed by atoms with E-state index in [2.05, 4.69) is 29.0 Å². The molecular weight excluding hydrogens is 288 g/mol. The van der Waals surface area contributed by atoms with E-state index in [0.717, 1.165) is 57.8 Å². The van der Waals surface area contributed by atoms with Gasteiger partial charge in [0.05, 0.1) is 0 Å². The van der Waals surface area contributed by atoms with Crippen LogP contribution < -0.4 is 5.73 Å². The zero-order chi connectivity index (χ0) is 16.2. The van der Waals surface area contributed by atoms with Crippen LogP contribution in [0.1, 0.15) is 22.3 Å².